The molecule has 0 nitrogen and oxygen atoms in total. The lowest BCUT2D eigenvalue weighted by atomic mass is 9.84. The van der Waals surface area contributed by atoms with E-state index in [1.165, 1.54) is 0 Å². The van der Waals surface area contributed by atoms with Crippen LogP contribution in [-0.2, 0) is 0 Å². The van der Waals surface area contributed by atoms with Crippen molar-refractivity contribution in [3.05, 3.63) is 36.5 Å². The number of hydrogen-bond acceptors (Lipinski definition) is 0. The highest BCUT2D eigenvalue weighted by molar-refractivity contribution is 5.30. The molecule has 0 aliphatic carbocycles. The maximum absolute atomic E-state index is 4.05. The number of allylic oxidation sites excluding steroid dienone is 4. The van der Waals surface area contributed by atoms with Crippen molar-refractivity contribution in [2.75, 3.05) is 0 Å². The third-order valence-electron chi connectivity index (χ3n) is 2.41. The Labute approximate surface area is 89.4 Å². The second-order valence-corrected chi connectivity index (χ2v) is 5.88. The van der Waals surface area contributed by atoms with Crippen molar-refractivity contribution in [3.63, 3.8) is 0 Å². The summed E-state index contributed by atoms with van der Waals surface area (Å²) >= 11 is 0. The summed E-state index contributed by atoms with van der Waals surface area (Å²) in [4.78, 5) is 0. The second-order valence-electron chi connectivity index (χ2n) is 5.88. The van der Waals surface area contributed by atoms with Crippen LogP contribution < -0.4 is 0 Å². The maximum atomic E-state index is 4.05. The third-order valence-corrected chi connectivity index (χ3v) is 2.41. The predicted octanol–water partition coefficient (Wildman–Crippen LogP) is 4.75. The molecule has 0 fully saturated rings. The highest BCUT2D eigenvalue weighted by atomic mass is 14.2. The molecule has 0 saturated carbocycles. The Morgan fingerprint density at radius 1 is 0.714 bits per heavy atom. The first-order valence-electron chi connectivity index (χ1n) is 5.12. The van der Waals surface area contributed by atoms with Crippen molar-refractivity contribution in [1.82, 2.24) is 0 Å². The fourth-order valence-electron chi connectivity index (χ4n) is 0.701. The standard InChI is InChI=1S/C14H24/c1-11(13(3,4)5)9-10-12(2)14(6,7)8/h9-10H,1-2H2,3-8H3. The molecule has 0 radical (unpaired) electrons. The molecule has 0 spiro atoms. The van der Waals surface area contributed by atoms with Crippen LogP contribution in [0.4, 0.5) is 0 Å². The molecule has 0 amide bonds. The number of rotatable bonds is 2. The fourth-order valence-corrected chi connectivity index (χ4v) is 0.701. The van der Waals surface area contributed by atoms with E-state index in [9.17, 15) is 0 Å². The molecule has 0 unspecified atom stereocenters. The van der Waals surface area contributed by atoms with Crippen LogP contribution in [-0.4, -0.2) is 0 Å². The molecule has 0 N–H and O–H groups in total. The highest BCUT2D eigenvalue weighted by Crippen LogP contribution is 2.28. The lowest BCUT2D eigenvalue weighted by Crippen LogP contribution is -2.08. The molecule has 0 aromatic heterocycles. The minimum Gasteiger partial charge on any atom is -0.0953 e. The average Bonchev–Trinajstić information content (AvgIpc) is 1.95. The van der Waals surface area contributed by atoms with Crippen LogP contribution in [0.25, 0.3) is 0 Å². The van der Waals surface area contributed by atoms with Crippen molar-refractivity contribution < 1.29 is 0 Å². The number of hydrogen-bond donors (Lipinski definition) is 0. The van der Waals surface area contributed by atoms with Gasteiger partial charge in [-0.3, -0.25) is 0 Å². The predicted molar refractivity (Wildman–Crippen MR) is 66.3 cm³/mol. The van der Waals surface area contributed by atoms with Gasteiger partial charge in [-0.2, -0.15) is 0 Å². The first kappa shape index (κ1) is 13.2. The Balaban J connectivity index is 4.49. The van der Waals surface area contributed by atoms with E-state index in [4.69, 9.17) is 0 Å². The summed E-state index contributed by atoms with van der Waals surface area (Å²) in [6.07, 6.45) is 4.15. The Hall–Kier alpha value is -0.780. The van der Waals surface area contributed by atoms with Crippen LogP contribution in [0.3, 0.4) is 0 Å². The zero-order valence-electron chi connectivity index (χ0n) is 10.6. The van der Waals surface area contributed by atoms with Gasteiger partial charge in [0, 0.05) is 0 Å². The lowest BCUT2D eigenvalue weighted by Gasteiger charge is -2.21. The molecule has 0 aliphatic rings. The van der Waals surface area contributed by atoms with Crippen LogP contribution in [0, 0.1) is 10.8 Å². The topological polar surface area (TPSA) is 0 Å². The van der Waals surface area contributed by atoms with E-state index in [-0.39, 0.29) is 10.8 Å². The summed E-state index contributed by atoms with van der Waals surface area (Å²) in [5.41, 5.74) is 2.58. The molecule has 0 aromatic carbocycles. The summed E-state index contributed by atoms with van der Waals surface area (Å²) in [6.45, 7) is 21.1. The summed E-state index contributed by atoms with van der Waals surface area (Å²) in [7, 11) is 0. The van der Waals surface area contributed by atoms with Crippen molar-refractivity contribution >= 4 is 0 Å². The molecule has 0 aromatic rings. The minimum absolute atomic E-state index is 0.147. The van der Waals surface area contributed by atoms with Gasteiger partial charge in [-0.15, -0.1) is 0 Å². The minimum atomic E-state index is 0.147. The zero-order chi connectivity index (χ0) is 11.6. The van der Waals surface area contributed by atoms with E-state index in [1.54, 1.807) is 0 Å². The quantitative estimate of drug-likeness (QED) is 0.554. The summed E-state index contributed by atoms with van der Waals surface area (Å²) < 4.78 is 0. The Kier molecular flexibility index (Phi) is 3.93. The molecular formula is C14H24. The van der Waals surface area contributed by atoms with Gasteiger partial charge in [-0.25, -0.2) is 0 Å². The molecule has 0 heteroatoms. The first-order chi connectivity index (χ1) is 6.05. The summed E-state index contributed by atoms with van der Waals surface area (Å²) in [6, 6.07) is 0. The normalized spacial score (nSPS) is 13.3. The van der Waals surface area contributed by atoms with E-state index in [2.05, 4.69) is 66.9 Å². The summed E-state index contributed by atoms with van der Waals surface area (Å²) in [5.74, 6) is 0. The SMILES string of the molecule is C=C(C=CC(=C)C(C)(C)C)C(C)(C)C. The Bertz CT molecular complexity index is 223. The van der Waals surface area contributed by atoms with Gasteiger partial charge in [0.25, 0.3) is 0 Å². The van der Waals surface area contributed by atoms with Crippen molar-refractivity contribution in [2.45, 2.75) is 41.5 Å². The van der Waals surface area contributed by atoms with Crippen LogP contribution >= 0.6 is 0 Å². The lowest BCUT2D eigenvalue weighted by molar-refractivity contribution is 0.512. The Morgan fingerprint density at radius 3 is 1.07 bits per heavy atom. The molecular weight excluding hydrogens is 168 g/mol. The fraction of sp³-hybridized carbons (Fsp3) is 0.571. The maximum Gasteiger partial charge on any atom is -0.0138 e. The molecule has 0 saturated heterocycles. The largest absolute Gasteiger partial charge is 0.0953 e. The molecule has 0 aliphatic heterocycles. The molecule has 0 bridgehead atoms. The summed E-state index contributed by atoms with van der Waals surface area (Å²) in [5, 5.41) is 0. The van der Waals surface area contributed by atoms with Gasteiger partial charge in [-0.05, 0) is 22.0 Å². The van der Waals surface area contributed by atoms with E-state index in [0.717, 1.165) is 11.1 Å². The van der Waals surface area contributed by atoms with Crippen LogP contribution in [0.5, 0.6) is 0 Å². The monoisotopic (exact) mass is 192 g/mol. The van der Waals surface area contributed by atoms with Crippen LogP contribution in [0.1, 0.15) is 41.5 Å². The van der Waals surface area contributed by atoms with Gasteiger partial charge in [-0.1, -0.05) is 66.9 Å². The van der Waals surface area contributed by atoms with Gasteiger partial charge >= 0.3 is 0 Å². The van der Waals surface area contributed by atoms with E-state index in [0.29, 0.717) is 0 Å². The molecule has 80 valence electrons. The van der Waals surface area contributed by atoms with Crippen LogP contribution in [0.2, 0.25) is 0 Å². The zero-order valence-corrected chi connectivity index (χ0v) is 10.6. The Morgan fingerprint density at radius 2 is 0.929 bits per heavy atom. The molecule has 0 heterocycles. The molecule has 14 heavy (non-hydrogen) atoms. The third kappa shape index (κ3) is 4.45. The second kappa shape index (κ2) is 4.16. The van der Waals surface area contributed by atoms with Gasteiger partial charge < -0.3 is 0 Å². The van der Waals surface area contributed by atoms with Crippen molar-refractivity contribution in [3.8, 4) is 0 Å². The van der Waals surface area contributed by atoms with E-state index in [1.807, 2.05) is 0 Å². The van der Waals surface area contributed by atoms with Gasteiger partial charge in [0.1, 0.15) is 0 Å². The van der Waals surface area contributed by atoms with E-state index < -0.39 is 0 Å². The smallest absolute Gasteiger partial charge is 0.0138 e. The van der Waals surface area contributed by atoms with Gasteiger partial charge in [0.05, 0.1) is 0 Å². The van der Waals surface area contributed by atoms with E-state index >= 15 is 0 Å². The first-order valence-corrected chi connectivity index (χ1v) is 5.12. The van der Waals surface area contributed by atoms with Gasteiger partial charge in [0.15, 0.2) is 0 Å². The molecule has 0 atom stereocenters. The van der Waals surface area contributed by atoms with Crippen LogP contribution in [0.15, 0.2) is 36.5 Å². The average molecular weight is 192 g/mol. The van der Waals surface area contributed by atoms with Crippen molar-refractivity contribution in [1.29, 1.82) is 0 Å². The highest BCUT2D eigenvalue weighted by Gasteiger charge is 2.14. The van der Waals surface area contributed by atoms with Crippen molar-refractivity contribution in [2.24, 2.45) is 10.8 Å². The van der Waals surface area contributed by atoms with Gasteiger partial charge in [0.2, 0.25) is 0 Å². The molecule has 0 rings (SSSR count).